The molecule has 0 aromatic heterocycles. The van der Waals surface area contributed by atoms with Crippen molar-refractivity contribution in [3.8, 4) is 5.75 Å². The van der Waals surface area contributed by atoms with Gasteiger partial charge >= 0.3 is 0 Å². The molecule has 0 radical (unpaired) electrons. The molecule has 1 aromatic rings. The molecule has 1 saturated heterocycles. The molecular weight excluding hydrogens is 500 g/mol. The molecule has 1 aliphatic heterocycles. The monoisotopic (exact) mass is 535 g/mol. The van der Waals surface area contributed by atoms with Crippen molar-refractivity contribution >= 4 is 35.8 Å². The largest absolute Gasteiger partial charge is 0.486 e. The average Bonchev–Trinajstić information content (AvgIpc) is 2.71. The van der Waals surface area contributed by atoms with Crippen LogP contribution in [0.15, 0.2) is 29.3 Å². The molecule has 1 aliphatic rings. The van der Waals surface area contributed by atoms with Gasteiger partial charge in [0.25, 0.3) is 0 Å². The predicted molar refractivity (Wildman–Crippen MR) is 129 cm³/mol. The summed E-state index contributed by atoms with van der Waals surface area (Å²) in [6.07, 6.45) is 2.61. The van der Waals surface area contributed by atoms with Gasteiger partial charge < -0.3 is 26.0 Å². The van der Waals surface area contributed by atoms with Crippen LogP contribution < -0.4 is 21.1 Å². The van der Waals surface area contributed by atoms with Crippen molar-refractivity contribution in [3.05, 3.63) is 30.1 Å². The van der Waals surface area contributed by atoms with Gasteiger partial charge in [-0.3, -0.25) is 4.79 Å². The molecule has 170 valence electrons. The van der Waals surface area contributed by atoms with Gasteiger partial charge in [0.2, 0.25) is 5.91 Å². The summed E-state index contributed by atoms with van der Waals surface area (Å²) in [5, 5.41) is 6.52. The number of aliphatic imine (C=N–C) groups is 1. The summed E-state index contributed by atoms with van der Waals surface area (Å²) in [5.41, 5.74) is 5.44. The number of nitrogens with zero attached hydrogens (tertiary/aromatic N) is 2. The highest BCUT2D eigenvalue weighted by molar-refractivity contribution is 14.0. The van der Waals surface area contributed by atoms with Crippen LogP contribution in [0.1, 0.15) is 33.1 Å². The minimum absolute atomic E-state index is 0. The summed E-state index contributed by atoms with van der Waals surface area (Å²) in [6.45, 7) is 8.50. The number of benzene rings is 1. The lowest BCUT2D eigenvalue weighted by atomic mass is 9.97. The summed E-state index contributed by atoms with van der Waals surface area (Å²) in [4.78, 5) is 18.2. The number of amides is 1. The van der Waals surface area contributed by atoms with Crippen molar-refractivity contribution < 1.29 is 13.9 Å². The third-order valence-corrected chi connectivity index (χ3v) is 4.87. The second-order valence-electron chi connectivity index (χ2n) is 7.40. The Morgan fingerprint density at radius 3 is 2.87 bits per heavy atom. The quantitative estimate of drug-likeness (QED) is 0.185. The number of para-hydroxylation sites is 1. The predicted octanol–water partition coefficient (Wildman–Crippen LogP) is 2.35. The maximum absolute atomic E-state index is 13.7. The van der Waals surface area contributed by atoms with Gasteiger partial charge in [-0.2, -0.15) is 0 Å². The highest BCUT2D eigenvalue weighted by Crippen LogP contribution is 2.17. The molecule has 2 atom stereocenters. The Morgan fingerprint density at radius 1 is 1.40 bits per heavy atom. The van der Waals surface area contributed by atoms with Crippen molar-refractivity contribution in [1.29, 1.82) is 0 Å². The second-order valence-corrected chi connectivity index (χ2v) is 7.40. The number of likely N-dealkylation sites (tertiary alicyclic amines) is 1. The van der Waals surface area contributed by atoms with Crippen molar-refractivity contribution in [1.82, 2.24) is 15.5 Å². The number of ether oxygens (including phenoxy) is 1. The minimum Gasteiger partial charge on any atom is -0.486 e. The van der Waals surface area contributed by atoms with Gasteiger partial charge in [-0.25, -0.2) is 9.38 Å². The van der Waals surface area contributed by atoms with Gasteiger partial charge in [-0.05, 0) is 58.3 Å². The van der Waals surface area contributed by atoms with Crippen molar-refractivity contribution in [2.75, 3.05) is 39.3 Å². The van der Waals surface area contributed by atoms with E-state index in [1.165, 1.54) is 6.07 Å². The van der Waals surface area contributed by atoms with Gasteiger partial charge in [-0.15, -0.1) is 24.0 Å². The van der Waals surface area contributed by atoms with Crippen molar-refractivity contribution in [3.63, 3.8) is 0 Å². The third kappa shape index (κ3) is 9.46. The van der Waals surface area contributed by atoms with E-state index in [4.69, 9.17) is 10.5 Å². The standard InChI is InChI=1S/C21H34FN5O2.HI/c1-3-24-21(26-14-16(2)29-19-10-5-4-9-18(19)22)25-11-7-13-27-12-6-8-17(15-27)20(23)28;/h4-5,9-10,16-17H,3,6-8,11-15H2,1-2H3,(H2,23,28)(H2,24,25,26);1H. The molecule has 30 heavy (non-hydrogen) atoms. The molecule has 4 N–H and O–H groups in total. The Balaban J connectivity index is 0.00000450. The molecule has 2 unspecified atom stereocenters. The first kappa shape index (κ1) is 26.4. The van der Waals surface area contributed by atoms with Crippen LogP contribution in [0.3, 0.4) is 0 Å². The smallest absolute Gasteiger partial charge is 0.221 e. The minimum atomic E-state index is -0.371. The Bertz CT molecular complexity index is 677. The molecule has 1 heterocycles. The van der Waals surface area contributed by atoms with Gasteiger partial charge in [0.1, 0.15) is 6.10 Å². The van der Waals surface area contributed by atoms with Crippen molar-refractivity contribution in [2.24, 2.45) is 16.6 Å². The van der Waals surface area contributed by atoms with E-state index in [-0.39, 0.29) is 53.5 Å². The topological polar surface area (TPSA) is 92.0 Å². The van der Waals surface area contributed by atoms with Crippen LogP contribution in [0.4, 0.5) is 4.39 Å². The number of guanidine groups is 1. The lowest BCUT2D eigenvalue weighted by Gasteiger charge is -2.31. The Morgan fingerprint density at radius 2 is 2.17 bits per heavy atom. The zero-order valence-electron chi connectivity index (χ0n) is 17.9. The molecule has 0 saturated carbocycles. The molecule has 0 aliphatic carbocycles. The molecule has 9 heteroatoms. The van der Waals surface area contributed by atoms with Gasteiger partial charge in [0, 0.05) is 19.6 Å². The number of nitrogens with one attached hydrogen (secondary N) is 2. The zero-order valence-corrected chi connectivity index (χ0v) is 20.2. The molecule has 1 fully saturated rings. The zero-order chi connectivity index (χ0) is 21.1. The van der Waals surface area contributed by atoms with Crippen LogP contribution >= 0.6 is 24.0 Å². The molecule has 2 rings (SSSR count). The fraction of sp³-hybridized carbons (Fsp3) is 0.619. The lowest BCUT2D eigenvalue weighted by molar-refractivity contribution is -0.123. The molecule has 1 aromatic carbocycles. The second kappa shape index (κ2) is 14.4. The Hall–Kier alpha value is -1.62. The van der Waals surface area contributed by atoms with Crippen LogP contribution in [-0.4, -0.2) is 62.1 Å². The summed E-state index contributed by atoms with van der Waals surface area (Å²) in [7, 11) is 0. The Kier molecular flexibility index (Phi) is 12.7. The van der Waals surface area contributed by atoms with Crippen LogP contribution in [0, 0.1) is 11.7 Å². The highest BCUT2D eigenvalue weighted by atomic mass is 127. The van der Waals surface area contributed by atoms with Crippen LogP contribution in [-0.2, 0) is 4.79 Å². The molecule has 0 spiro atoms. The van der Waals surface area contributed by atoms with E-state index in [0.717, 1.165) is 52.0 Å². The van der Waals surface area contributed by atoms with E-state index >= 15 is 0 Å². The summed E-state index contributed by atoms with van der Waals surface area (Å²) in [6, 6.07) is 6.37. The van der Waals surface area contributed by atoms with Crippen molar-refractivity contribution in [2.45, 2.75) is 39.2 Å². The fourth-order valence-electron chi connectivity index (χ4n) is 3.36. The van der Waals surface area contributed by atoms with E-state index in [2.05, 4.69) is 20.5 Å². The van der Waals surface area contributed by atoms with Crippen LogP contribution in [0.25, 0.3) is 0 Å². The number of hydrogen-bond donors (Lipinski definition) is 3. The maximum atomic E-state index is 13.7. The van der Waals surface area contributed by atoms with Gasteiger partial charge in [-0.1, -0.05) is 12.1 Å². The van der Waals surface area contributed by atoms with E-state index in [1.807, 2.05) is 13.8 Å². The lowest BCUT2D eigenvalue weighted by Crippen LogP contribution is -2.43. The average molecular weight is 535 g/mol. The number of hydrogen-bond acceptors (Lipinski definition) is 4. The SMILES string of the molecule is CCNC(=NCC(C)Oc1ccccc1F)NCCCN1CCCC(C(N)=O)C1.I. The summed E-state index contributed by atoms with van der Waals surface area (Å²) >= 11 is 0. The molecule has 1 amide bonds. The number of carbonyl (C=O) groups excluding carboxylic acids is 1. The van der Waals surface area contributed by atoms with E-state index in [1.54, 1.807) is 18.2 Å². The Labute approximate surface area is 196 Å². The third-order valence-electron chi connectivity index (χ3n) is 4.87. The molecular formula is C21H35FIN5O2. The number of carbonyl (C=O) groups is 1. The summed E-state index contributed by atoms with van der Waals surface area (Å²) in [5.74, 6) is 0.367. The first-order valence-corrected chi connectivity index (χ1v) is 10.4. The van der Waals surface area contributed by atoms with Crippen LogP contribution in [0.2, 0.25) is 0 Å². The van der Waals surface area contributed by atoms with Gasteiger partial charge in [0.05, 0.1) is 12.5 Å². The molecule has 7 nitrogen and oxygen atoms in total. The molecule has 0 bridgehead atoms. The number of nitrogens with two attached hydrogens (primary N) is 1. The highest BCUT2D eigenvalue weighted by Gasteiger charge is 2.23. The summed E-state index contributed by atoms with van der Waals surface area (Å²) < 4.78 is 19.3. The first-order chi connectivity index (χ1) is 14.0. The fourth-order valence-corrected chi connectivity index (χ4v) is 3.36. The number of halogens is 2. The van der Waals surface area contributed by atoms with E-state index < -0.39 is 0 Å². The first-order valence-electron chi connectivity index (χ1n) is 10.4. The van der Waals surface area contributed by atoms with E-state index in [9.17, 15) is 9.18 Å². The number of rotatable bonds is 10. The maximum Gasteiger partial charge on any atom is 0.221 e. The number of piperidine rings is 1. The van der Waals surface area contributed by atoms with Gasteiger partial charge in [0.15, 0.2) is 17.5 Å². The van der Waals surface area contributed by atoms with E-state index in [0.29, 0.717) is 12.5 Å². The normalized spacial score (nSPS) is 18.2. The van der Waals surface area contributed by atoms with Crippen LogP contribution in [0.5, 0.6) is 5.75 Å². The number of primary amides is 1.